The van der Waals surface area contributed by atoms with Crippen LogP contribution in [0.25, 0.3) is 11.3 Å². The zero-order chi connectivity index (χ0) is 19.5. The second kappa shape index (κ2) is 7.74. The van der Waals surface area contributed by atoms with Gasteiger partial charge in [-0.25, -0.2) is 4.98 Å². The molecule has 1 aliphatic rings. The number of benzene rings is 1. The van der Waals surface area contributed by atoms with Crippen molar-refractivity contribution in [1.82, 2.24) is 14.9 Å². The third-order valence-electron chi connectivity index (χ3n) is 4.89. The van der Waals surface area contributed by atoms with Crippen LogP contribution < -0.4 is 11.1 Å². The molecule has 0 bridgehead atoms. The van der Waals surface area contributed by atoms with Crippen LogP contribution in [0.4, 0.5) is 17.2 Å². The molecule has 144 valence electrons. The van der Waals surface area contributed by atoms with Crippen molar-refractivity contribution in [2.24, 2.45) is 0 Å². The first-order valence-corrected chi connectivity index (χ1v) is 9.24. The van der Waals surface area contributed by atoms with Gasteiger partial charge < -0.3 is 25.7 Å². The molecule has 0 fully saturated rings. The van der Waals surface area contributed by atoms with E-state index >= 15 is 0 Å². The monoisotopic (exact) mass is 377 g/mol. The average molecular weight is 377 g/mol. The number of ether oxygens (including phenoxy) is 1. The highest BCUT2D eigenvalue weighted by Gasteiger charge is 2.31. The maximum absolute atomic E-state index is 13.2. The number of para-hydroxylation sites is 1. The molecule has 0 saturated heterocycles. The molecule has 0 saturated carbocycles. The summed E-state index contributed by atoms with van der Waals surface area (Å²) in [4.78, 5) is 22.6. The van der Waals surface area contributed by atoms with Gasteiger partial charge in [-0.3, -0.25) is 4.79 Å². The van der Waals surface area contributed by atoms with Crippen molar-refractivity contribution in [2.45, 2.75) is 6.42 Å². The number of carbonyl (C=O) groups is 1. The number of hydrogen-bond acceptors (Lipinski definition) is 5. The number of nitrogens with two attached hydrogens (primary N) is 1. The highest BCUT2D eigenvalue weighted by molar-refractivity contribution is 6.06. The van der Waals surface area contributed by atoms with Crippen molar-refractivity contribution in [1.29, 1.82) is 0 Å². The number of anilines is 3. The highest BCUT2D eigenvalue weighted by Crippen LogP contribution is 2.38. The number of nitrogens with zero attached hydrogens (tertiary/aromatic N) is 2. The topological polar surface area (TPSA) is 96.3 Å². The lowest BCUT2D eigenvalue weighted by atomic mass is 10.0. The lowest BCUT2D eigenvalue weighted by molar-refractivity contribution is 0.0679. The number of fused-ring (bicyclic) bond motifs is 1. The van der Waals surface area contributed by atoms with Crippen LogP contribution in [0.1, 0.15) is 16.1 Å². The smallest absolute Gasteiger partial charge is 0.257 e. The second-order valence-corrected chi connectivity index (χ2v) is 6.72. The second-order valence-electron chi connectivity index (χ2n) is 6.72. The van der Waals surface area contributed by atoms with Crippen molar-refractivity contribution in [3.63, 3.8) is 0 Å². The number of carbonyl (C=O) groups excluding carboxylic acids is 1. The summed E-state index contributed by atoms with van der Waals surface area (Å²) in [5, 5.41) is 3.43. The van der Waals surface area contributed by atoms with E-state index in [9.17, 15) is 4.79 Å². The molecule has 0 radical (unpaired) electrons. The number of aromatic amines is 1. The summed E-state index contributed by atoms with van der Waals surface area (Å²) in [7, 11) is 1.64. The van der Waals surface area contributed by atoms with E-state index < -0.39 is 0 Å². The van der Waals surface area contributed by atoms with Gasteiger partial charge in [0.2, 0.25) is 0 Å². The SMILES string of the molecule is COCCN1CCc2[nH]c(-c3ccnc(N)c3)c(Nc3ccccc3)c2C1=O. The number of rotatable bonds is 6. The summed E-state index contributed by atoms with van der Waals surface area (Å²) in [5.41, 5.74) is 10.9. The fraction of sp³-hybridized carbons (Fsp3) is 0.238. The first-order valence-electron chi connectivity index (χ1n) is 9.24. The molecule has 1 amide bonds. The van der Waals surface area contributed by atoms with Gasteiger partial charge in [-0.1, -0.05) is 18.2 Å². The number of aromatic nitrogens is 2. The molecule has 3 heterocycles. The zero-order valence-corrected chi connectivity index (χ0v) is 15.7. The number of nitrogen functional groups attached to an aromatic ring is 1. The van der Waals surface area contributed by atoms with Crippen molar-refractivity contribution < 1.29 is 9.53 Å². The quantitative estimate of drug-likeness (QED) is 0.614. The fourth-order valence-electron chi connectivity index (χ4n) is 3.51. The molecule has 4 N–H and O–H groups in total. The Bertz CT molecular complexity index is 984. The van der Waals surface area contributed by atoms with Crippen molar-refractivity contribution in [3.05, 3.63) is 59.9 Å². The van der Waals surface area contributed by atoms with E-state index in [1.54, 1.807) is 19.4 Å². The van der Waals surface area contributed by atoms with Gasteiger partial charge in [0.05, 0.1) is 23.6 Å². The third kappa shape index (κ3) is 3.44. The minimum atomic E-state index is 0.00117. The van der Waals surface area contributed by atoms with Crippen LogP contribution in [0.5, 0.6) is 0 Å². The molecule has 0 atom stereocenters. The van der Waals surface area contributed by atoms with Crippen LogP contribution >= 0.6 is 0 Å². The molecule has 7 heteroatoms. The molecular formula is C21H23N5O2. The van der Waals surface area contributed by atoms with Crippen LogP contribution in [0.2, 0.25) is 0 Å². The van der Waals surface area contributed by atoms with Crippen LogP contribution in [0.15, 0.2) is 48.7 Å². The maximum atomic E-state index is 13.2. The van der Waals surface area contributed by atoms with E-state index in [-0.39, 0.29) is 5.91 Å². The van der Waals surface area contributed by atoms with Gasteiger partial charge in [0.1, 0.15) is 5.82 Å². The molecular weight excluding hydrogens is 354 g/mol. The van der Waals surface area contributed by atoms with Crippen LogP contribution in [-0.4, -0.2) is 47.6 Å². The van der Waals surface area contributed by atoms with Crippen molar-refractivity contribution in [3.8, 4) is 11.3 Å². The summed E-state index contributed by atoms with van der Waals surface area (Å²) in [5.74, 6) is 0.435. The number of methoxy groups -OCH3 is 1. The number of amides is 1. The van der Waals surface area contributed by atoms with Gasteiger partial charge in [-0.2, -0.15) is 0 Å². The highest BCUT2D eigenvalue weighted by atomic mass is 16.5. The third-order valence-corrected chi connectivity index (χ3v) is 4.89. The van der Waals surface area contributed by atoms with E-state index in [0.29, 0.717) is 31.1 Å². The predicted octanol–water partition coefficient (Wildman–Crippen LogP) is 3.05. The summed E-state index contributed by atoms with van der Waals surface area (Å²) >= 11 is 0. The molecule has 7 nitrogen and oxygen atoms in total. The number of pyridine rings is 1. The molecule has 0 aliphatic carbocycles. The molecule has 0 spiro atoms. The van der Waals surface area contributed by atoms with E-state index in [1.807, 2.05) is 41.3 Å². The molecule has 2 aromatic heterocycles. The zero-order valence-electron chi connectivity index (χ0n) is 15.7. The van der Waals surface area contributed by atoms with Gasteiger partial charge in [0.25, 0.3) is 5.91 Å². The average Bonchev–Trinajstić information content (AvgIpc) is 3.07. The Balaban J connectivity index is 1.80. The van der Waals surface area contributed by atoms with Gasteiger partial charge in [-0.05, 0) is 24.3 Å². The lowest BCUT2D eigenvalue weighted by Crippen LogP contribution is -2.39. The normalized spacial score (nSPS) is 13.5. The fourth-order valence-corrected chi connectivity index (χ4v) is 3.51. The first-order chi connectivity index (χ1) is 13.7. The molecule has 4 rings (SSSR count). The number of hydrogen-bond donors (Lipinski definition) is 3. The number of nitrogens with one attached hydrogen (secondary N) is 2. The minimum absolute atomic E-state index is 0.00117. The van der Waals surface area contributed by atoms with Gasteiger partial charge >= 0.3 is 0 Å². The Kier molecular flexibility index (Phi) is 4.99. The van der Waals surface area contributed by atoms with E-state index in [0.717, 1.165) is 34.7 Å². The Morgan fingerprint density at radius 3 is 2.86 bits per heavy atom. The van der Waals surface area contributed by atoms with Gasteiger partial charge in [0.15, 0.2) is 0 Å². The van der Waals surface area contributed by atoms with E-state index in [1.165, 1.54) is 0 Å². The largest absolute Gasteiger partial charge is 0.384 e. The van der Waals surface area contributed by atoms with E-state index in [4.69, 9.17) is 10.5 Å². The van der Waals surface area contributed by atoms with Gasteiger partial charge in [-0.15, -0.1) is 0 Å². The van der Waals surface area contributed by atoms with Crippen molar-refractivity contribution >= 4 is 23.1 Å². The molecule has 3 aromatic rings. The Labute approximate surface area is 163 Å². The Morgan fingerprint density at radius 2 is 2.11 bits per heavy atom. The van der Waals surface area contributed by atoms with Crippen LogP contribution in [0, 0.1) is 0 Å². The van der Waals surface area contributed by atoms with E-state index in [2.05, 4.69) is 15.3 Å². The standard InChI is InChI=1S/C21H23N5O2/c1-28-12-11-26-10-8-16-18(21(26)27)20(24-15-5-3-2-4-6-15)19(25-16)14-7-9-23-17(22)13-14/h2-7,9,13,24-25H,8,10-12H2,1H3,(H2,22,23). The predicted molar refractivity (Wildman–Crippen MR) is 110 cm³/mol. The number of H-pyrrole nitrogens is 1. The Hall–Kier alpha value is -3.32. The maximum Gasteiger partial charge on any atom is 0.257 e. The molecule has 1 aromatic carbocycles. The molecule has 28 heavy (non-hydrogen) atoms. The Morgan fingerprint density at radius 1 is 1.29 bits per heavy atom. The summed E-state index contributed by atoms with van der Waals surface area (Å²) < 4.78 is 5.16. The van der Waals surface area contributed by atoms with Crippen LogP contribution in [0.3, 0.4) is 0 Å². The first kappa shape index (κ1) is 18.1. The lowest BCUT2D eigenvalue weighted by Gasteiger charge is -2.27. The van der Waals surface area contributed by atoms with Crippen molar-refractivity contribution in [2.75, 3.05) is 37.9 Å². The molecule has 0 unspecified atom stereocenters. The van der Waals surface area contributed by atoms with Gasteiger partial charge in [0, 0.05) is 49.8 Å². The summed E-state index contributed by atoms with van der Waals surface area (Å²) in [6, 6.07) is 13.5. The van der Waals surface area contributed by atoms with Crippen LogP contribution in [-0.2, 0) is 11.2 Å². The minimum Gasteiger partial charge on any atom is -0.384 e. The molecule has 1 aliphatic heterocycles. The summed E-state index contributed by atoms with van der Waals surface area (Å²) in [6.45, 7) is 1.75. The summed E-state index contributed by atoms with van der Waals surface area (Å²) in [6.07, 6.45) is 2.43.